The lowest BCUT2D eigenvalue weighted by molar-refractivity contribution is -0.138. The molecule has 0 atom stereocenters. The fourth-order valence-corrected chi connectivity index (χ4v) is 15.8. The molecule has 0 aliphatic rings. The van der Waals surface area contributed by atoms with Crippen molar-refractivity contribution in [2.24, 2.45) is 0 Å². The standard InChI is InChI=1S/C48H48O4S7/c1-3-43(49)51-27-21-17-13-9-5-7-11-15-19-23-33-29-39-45(53-33)47-41(56-39)31-37(58-47)35-25-26-36(55-35)38-32-42-48(59-38)46-40(57-42)30-34(54-46)24-20-16-12-8-6-10-14-18-22-28-52-44(50)4-2/h3-4,25-26,29-32H,1-2,5-18,21-22,27-28H2. The van der Waals surface area contributed by atoms with Crippen LogP contribution in [0.2, 0.25) is 0 Å². The second kappa shape index (κ2) is 22.4. The van der Waals surface area contributed by atoms with Crippen molar-refractivity contribution in [3.63, 3.8) is 0 Å². The van der Waals surface area contributed by atoms with Crippen LogP contribution < -0.4 is 0 Å². The fraction of sp³-hybridized carbons (Fsp3) is 0.375. The molecule has 0 N–H and O–H groups in total. The van der Waals surface area contributed by atoms with E-state index >= 15 is 0 Å². The first-order valence-corrected chi connectivity index (χ1v) is 26.3. The van der Waals surface area contributed by atoms with Gasteiger partial charge in [-0.05, 0) is 62.1 Å². The molecule has 0 aliphatic heterocycles. The summed E-state index contributed by atoms with van der Waals surface area (Å²) < 4.78 is 21.1. The molecule has 0 aliphatic carbocycles. The number of hydrogen-bond donors (Lipinski definition) is 0. The molecule has 0 saturated heterocycles. The van der Waals surface area contributed by atoms with Gasteiger partial charge in [-0.15, -0.1) is 79.4 Å². The number of hydrogen-bond acceptors (Lipinski definition) is 11. The van der Waals surface area contributed by atoms with Crippen LogP contribution in [-0.2, 0) is 19.1 Å². The van der Waals surface area contributed by atoms with Gasteiger partial charge in [0.05, 0.1) is 41.8 Å². The number of esters is 2. The van der Waals surface area contributed by atoms with Crippen LogP contribution in [0.15, 0.2) is 61.7 Å². The van der Waals surface area contributed by atoms with Crippen molar-refractivity contribution in [3.8, 4) is 43.2 Å². The molecule has 0 aromatic carbocycles. The van der Waals surface area contributed by atoms with Crippen LogP contribution >= 0.6 is 79.4 Å². The lowest BCUT2D eigenvalue weighted by Crippen LogP contribution is -2.01. The molecule has 7 aromatic heterocycles. The van der Waals surface area contributed by atoms with E-state index in [9.17, 15) is 9.59 Å². The van der Waals surface area contributed by atoms with Gasteiger partial charge in [-0.3, -0.25) is 0 Å². The average Bonchev–Trinajstić information content (AvgIpc) is 4.10. The van der Waals surface area contributed by atoms with Gasteiger partial charge >= 0.3 is 11.9 Å². The van der Waals surface area contributed by atoms with Crippen LogP contribution in [-0.4, -0.2) is 25.2 Å². The molecule has 7 rings (SSSR count). The summed E-state index contributed by atoms with van der Waals surface area (Å²) in [5, 5.41) is 0. The minimum absolute atomic E-state index is 0.329. The van der Waals surface area contributed by atoms with Crippen molar-refractivity contribution in [1.82, 2.24) is 0 Å². The number of fused-ring (bicyclic) bond motifs is 6. The third kappa shape index (κ3) is 12.1. The molecule has 0 saturated carbocycles. The van der Waals surface area contributed by atoms with Crippen molar-refractivity contribution >= 4 is 129 Å². The second-order valence-electron chi connectivity index (χ2n) is 14.4. The number of carbonyl (C=O) groups is 2. The molecule has 11 heteroatoms. The lowest BCUT2D eigenvalue weighted by atomic mass is 10.1. The Hall–Kier alpha value is -3.52. The summed E-state index contributed by atoms with van der Waals surface area (Å²) in [5.41, 5.74) is 0. The number of thiophene rings is 7. The molecule has 0 bridgehead atoms. The van der Waals surface area contributed by atoms with E-state index in [4.69, 9.17) is 9.47 Å². The van der Waals surface area contributed by atoms with E-state index in [2.05, 4.69) is 73.2 Å². The van der Waals surface area contributed by atoms with Crippen molar-refractivity contribution < 1.29 is 19.1 Å². The first-order valence-electron chi connectivity index (χ1n) is 20.6. The average molecular weight is 913 g/mol. The molecule has 0 unspecified atom stereocenters. The molecule has 0 radical (unpaired) electrons. The Balaban J connectivity index is 0.857. The third-order valence-electron chi connectivity index (χ3n) is 9.87. The molecule has 59 heavy (non-hydrogen) atoms. The lowest BCUT2D eigenvalue weighted by Gasteiger charge is -2.02. The Bertz CT molecular complexity index is 2460. The minimum Gasteiger partial charge on any atom is -0.463 e. The van der Waals surface area contributed by atoms with Gasteiger partial charge in [0.15, 0.2) is 0 Å². The number of unbranched alkanes of at least 4 members (excludes halogenated alkanes) is 14. The highest BCUT2D eigenvalue weighted by molar-refractivity contribution is 7.41. The van der Waals surface area contributed by atoms with E-state index in [-0.39, 0.29) is 11.9 Å². The largest absolute Gasteiger partial charge is 0.463 e. The number of ether oxygens (including phenoxy) is 2. The van der Waals surface area contributed by atoms with Gasteiger partial charge in [0.1, 0.15) is 0 Å². The first-order chi connectivity index (χ1) is 29.0. The van der Waals surface area contributed by atoms with Gasteiger partial charge in [-0.1, -0.05) is 101 Å². The Labute approximate surface area is 375 Å². The monoisotopic (exact) mass is 912 g/mol. The van der Waals surface area contributed by atoms with Crippen molar-refractivity contribution in [3.05, 3.63) is 71.5 Å². The number of carbonyl (C=O) groups excluding carboxylic acids is 2. The SMILES string of the molecule is C=CC(=O)OCCCCCCCCCC#Cc1cc2sc3cc(-c4ccc(-c5cc6sc7cc(C#CCCCCCCCCCOC(=O)C=C)sc7c6s5)s4)sc3c2s1. The van der Waals surface area contributed by atoms with E-state index in [1.165, 1.54) is 130 Å². The molecule has 7 heterocycles. The zero-order valence-electron chi connectivity index (χ0n) is 33.3. The van der Waals surface area contributed by atoms with Gasteiger partial charge in [0, 0.05) is 63.3 Å². The summed E-state index contributed by atoms with van der Waals surface area (Å²) in [7, 11) is 0. The fourth-order valence-electron chi connectivity index (χ4n) is 6.80. The normalized spacial score (nSPS) is 11.3. The maximum Gasteiger partial charge on any atom is 0.330 e. The zero-order chi connectivity index (χ0) is 40.8. The molecular formula is C48H48O4S7. The van der Waals surface area contributed by atoms with E-state index in [0.29, 0.717) is 13.2 Å². The van der Waals surface area contributed by atoms with E-state index < -0.39 is 0 Å². The van der Waals surface area contributed by atoms with Crippen molar-refractivity contribution in [2.45, 2.75) is 103 Å². The maximum absolute atomic E-state index is 11.1. The van der Waals surface area contributed by atoms with Gasteiger partial charge in [0.2, 0.25) is 0 Å². The Morgan fingerprint density at radius 2 is 0.831 bits per heavy atom. The highest BCUT2D eigenvalue weighted by Crippen LogP contribution is 2.50. The van der Waals surface area contributed by atoms with Gasteiger partial charge in [-0.2, -0.15) is 0 Å². The summed E-state index contributed by atoms with van der Waals surface area (Å²) in [5.74, 6) is 13.1. The predicted molar refractivity (Wildman–Crippen MR) is 262 cm³/mol. The first kappa shape index (κ1) is 43.6. The molecule has 0 spiro atoms. The van der Waals surface area contributed by atoms with Crippen LogP contribution in [0.5, 0.6) is 0 Å². The summed E-state index contributed by atoms with van der Waals surface area (Å²) in [4.78, 5) is 29.9. The highest BCUT2D eigenvalue weighted by Gasteiger charge is 2.18. The van der Waals surface area contributed by atoms with Crippen LogP contribution in [0.4, 0.5) is 0 Å². The molecule has 7 aromatic rings. The van der Waals surface area contributed by atoms with Gasteiger partial charge < -0.3 is 9.47 Å². The topological polar surface area (TPSA) is 52.6 Å². The smallest absolute Gasteiger partial charge is 0.330 e. The zero-order valence-corrected chi connectivity index (χ0v) is 39.0. The Morgan fingerprint density at radius 3 is 1.25 bits per heavy atom. The van der Waals surface area contributed by atoms with Gasteiger partial charge in [-0.25, -0.2) is 9.59 Å². The molecule has 4 nitrogen and oxygen atoms in total. The molecule has 306 valence electrons. The highest BCUT2D eigenvalue weighted by atomic mass is 32.1. The molecule has 0 fully saturated rings. The van der Waals surface area contributed by atoms with Crippen LogP contribution in [0.3, 0.4) is 0 Å². The van der Waals surface area contributed by atoms with E-state index in [1.54, 1.807) is 0 Å². The third-order valence-corrected chi connectivity index (χ3v) is 18.7. The Kier molecular flexibility index (Phi) is 16.5. The summed E-state index contributed by atoms with van der Waals surface area (Å²) >= 11 is 13.2. The van der Waals surface area contributed by atoms with Crippen LogP contribution in [0.25, 0.3) is 57.1 Å². The van der Waals surface area contributed by atoms with Crippen molar-refractivity contribution in [1.29, 1.82) is 0 Å². The number of rotatable bonds is 22. The van der Waals surface area contributed by atoms with Crippen LogP contribution in [0.1, 0.15) is 112 Å². The Morgan fingerprint density at radius 1 is 0.458 bits per heavy atom. The van der Waals surface area contributed by atoms with Gasteiger partial charge in [0.25, 0.3) is 0 Å². The van der Waals surface area contributed by atoms with E-state index in [0.717, 1.165) is 51.4 Å². The van der Waals surface area contributed by atoms with Crippen LogP contribution in [0, 0.1) is 23.7 Å². The van der Waals surface area contributed by atoms with E-state index in [1.807, 2.05) is 79.4 Å². The molecular weight excluding hydrogens is 865 g/mol. The second-order valence-corrected chi connectivity index (χ2v) is 21.8. The summed E-state index contributed by atoms with van der Waals surface area (Å²) in [6.07, 6.45) is 20.4. The summed E-state index contributed by atoms with van der Waals surface area (Å²) in [6, 6.07) is 13.9. The minimum atomic E-state index is -0.329. The maximum atomic E-state index is 11.1. The van der Waals surface area contributed by atoms with Crippen molar-refractivity contribution in [2.75, 3.05) is 13.2 Å². The predicted octanol–water partition coefficient (Wildman–Crippen LogP) is 16.5. The quantitative estimate of drug-likeness (QED) is 0.0294. The summed E-state index contributed by atoms with van der Waals surface area (Å²) in [6.45, 7) is 7.83. The molecule has 0 amide bonds.